The van der Waals surface area contributed by atoms with Gasteiger partial charge < -0.3 is 5.32 Å². The Morgan fingerprint density at radius 2 is 2.00 bits per heavy atom. The standard InChI is InChI=1S/C19H19N7O2S/c1-12-3-5-14(6-4-12)10-25-11-21-17-15(19(25)28)9-22-26(17)8-7-20-18(27)16-13(2)23-24-29-16/h3-6,9,11H,7-8,10H2,1-2H3,(H,20,27). The summed E-state index contributed by atoms with van der Waals surface area (Å²) in [5.41, 5.74) is 3.16. The maximum Gasteiger partial charge on any atom is 0.265 e. The number of nitrogens with zero attached hydrogens (tertiary/aromatic N) is 6. The third kappa shape index (κ3) is 3.92. The predicted molar refractivity (Wildman–Crippen MR) is 109 cm³/mol. The lowest BCUT2D eigenvalue weighted by atomic mass is 10.1. The highest BCUT2D eigenvalue weighted by Crippen LogP contribution is 2.10. The van der Waals surface area contributed by atoms with Crippen LogP contribution in [0, 0.1) is 13.8 Å². The van der Waals surface area contributed by atoms with Crippen LogP contribution < -0.4 is 10.9 Å². The third-order valence-corrected chi connectivity index (χ3v) is 5.39. The third-order valence-electron chi connectivity index (χ3n) is 4.56. The SMILES string of the molecule is Cc1ccc(Cn2cnc3c(cnn3CCNC(=O)c3snnc3C)c2=O)cc1. The number of rotatable bonds is 6. The van der Waals surface area contributed by atoms with Crippen LogP contribution in [0.2, 0.25) is 0 Å². The van der Waals surface area contributed by atoms with Gasteiger partial charge in [0.1, 0.15) is 16.6 Å². The van der Waals surface area contributed by atoms with Crippen LogP contribution in [0.4, 0.5) is 0 Å². The lowest BCUT2D eigenvalue weighted by Crippen LogP contribution is -2.27. The lowest BCUT2D eigenvalue weighted by Gasteiger charge is -2.07. The molecule has 0 unspecified atom stereocenters. The van der Waals surface area contributed by atoms with Crippen LogP contribution >= 0.6 is 11.5 Å². The molecular formula is C19H19N7O2S. The van der Waals surface area contributed by atoms with E-state index in [0.29, 0.717) is 41.2 Å². The van der Waals surface area contributed by atoms with Gasteiger partial charge in [-0.3, -0.25) is 14.2 Å². The number of hydrogen-bond donors (Lipinski definition) is 1. The normalized spacial score (nSPS) is 11.1. The first-order valence-electron chi connectivity index (χ1n) is 9.06. The highest BCUT2D eigenvalue weighted by atomic mass is 32.1. The van der Waals surface area contributed by atoms with E-state index in [1.807, 2.05) is 31.2 Å². The predicted octanol–water partition coefficient (Wildman–Crippen LogP) is 1.54. The maximum absolute atomic E-state index is 12.8. The number of carbonyl (C=O) groups is 1. The fourth-order valence-corrected chi connectivity index (χ4v) is 3.53. The molecule has 1 amide bonds. The molecule has 29 heavy (non-hydrogen) atoms. The van der Waals surface area contributed by atoms with E-state index in [2.05, 4.69) is 25.0 Å². The molecule has 0 aliphatic rings. The van der Waals surface area contributed by atoms with E-state index in [-0.39, 0.29) is 11.5 Å². The Balaban J connectivity index is 1.47. The van der Waals surface area contributed by atoms with Crippen molar-refractivity contribution >= 4 is 28.5 Å². The average molecular weight is 409 g/mol. The van der Waals surface area contributed by atoms with Gasteiger partial charge in [0, 0.05) is 6.54 Å². The molecule has 4 aromatic rings. The molecule has 3 aromatic heterocycles. The number of amides is 1. The van der Waals surface area contributed by atoms with E-state index in [0.717, 1.165) is 17.1 Å². The molecule has 1 aromatic carbocycles. The molecule has 0 bridgehead atoms. The number of carbonyl (C=O) groups excluding carboxylic acids is 1. The summed E-state index contributed by atoms with van der Waals surface area (Å²) in [6.45, 7) is 4.96. The van der Waals surface area contributed by atoms with Crippen molar-refractivity contribution in [3.05, 3.63) is 68.8 Å². The minimum absolute atomic E-state index is 0.141. The molecule has 0 saturated heterocycles. The number of nitrogens with one attached hydrogen (secondary N) is 1. The van der Waals surface area contributed by atoms with Crippen LogP contribution in [-0.2, 0) is 13.1 Å². The van der Waals surface area contributed by atoms with Gasteiger partial charge in [0.25, 0.3) is 11.5 Å². The van der Waals surface area contributed by atoms with Crippen molar-refractivity contribution in [2.75, 3.05) is 6.54 Å². The summed E-state index contributed by atoms with van der Waals surface area (Å²) in [7, 11) is 0. The zero-order chi connectivity index (χ0) is 20.4. The van der Waals surface area contributed by atoms with E-state index in [4.69, 9.17) is 0 Å². The van der Waals surface area contributed by atoms with Gasteiger partial charge in [-0.25, -0.2) is 9.67 Å². The summed E-state index contributed by atoms with van der Waals surface area (Å²) >= 11 is 1.06. The average Bonchev–Trinajstić information content (AvgIpc) is 3.32. The van der Waals surface area contributed by atoms with E-state index in [9.17, 15) is 9.59 Å². The zero-order valence-electron chi connectivity index (χ0n) is 16.0. The van der Waals surface area contributed by atoms with Crippen molar-refractivity contribution in [2.45, 2.75) is 26.9 Å². The number of aryl methyl sites for hydroxylation is 2. The Bertz CT molecular complexity index is 1220. The van der Waals surface area contributed by atoms with Crippen molar-refractivity contribution in [2.24, 2.45) is 0 Å². The van der Waals surface area contributed by atoms with Crippen molar-refractivity contribution in [1.29, 1.82) is 0 Å². The van der Waals surface area contributed by atoms with Crippen molar-refractivity contribution in [3.63, 3.8) is 0 Å². The summed E-state index contributed by atoms with van der Waals surface area (Å²) in [4.78, 5) is 29.8. The summed E-state index contributed by atoms with van der Waals surface area (Å²) in [6, 6.07) is 8.03. The Morgan fingerprint density at radius 1 is 1.21 bits per heavy atom. The van der Waals surface area contributed by atoms with Gasteiger partial charge in [-0.05, 0) is 30.9 Å². The van der Waals surface area contributed by atoms with Crippen LogP contribution in [-0.4, -0.2) is 41.4 Å². The summed E-state index contributed by atoms with van der Waals surface area (Å²) in [5, 5.41) is 11.4. The molecule has 148 valence electrons. The molecule has 1 N–H and O–H groups in total. The van der Waals surface area contributed by atoms with Crippen LogP contribution in [0.15, 0.2) is 41.6 Å². The zero-order valence-corrected chi connectivity index (χ0v) is 16.8. The quantitative estimate of drug-likeness (QED) is 0.518. The fraction of sp³-hybridized carbons (Fsp3) is 0.263. The van der Waals surface area contributed by atoms with Crippen molar-refractivity contribution in [1.82, 2.24) is 34.2 Å². The van der Waals surface area contributed by atoms with Gasteiger partial charge in [-0.15, -0.1) is 5.10 Å². The smallest absolute Gasteiger partial charge is 0.265 e. The topological polar surface area (TPSA) is 108 Å². The van der Waals surface area contributed by atoms with Gasteiger partial charge in [0.15, 0.2) is 5.65 Å². The molecule has 3 heterocycles. The molecule has 0 aliphatic heterocycles. The Morgan fingerprint density at radius 3 is 2.72 bits per heavy atom. The Hall–Kier alpha value is -3.40. The second-order valence-electron chi connectivity index (χ2n) is 6.71. The lowest BCUT2D eigenvalue weighted by molar-refractivity contribution is 0.0955. The second-order valence-corrected chi connectivity index (χ2v) is 7.47. The van der Waals surface area contributed by atoms with Crippen molar-refractivity contribution in [3.8, 4) is 0 Å². The molecule has 0 fully saturated rings. The second kappa shape index (κ2) is 7.92. The first kappa shape index (κ1) is 18.9. The highest BCUT2D eigenvalue weighted by Gasteiger charge is 2.14. The highest BCUT2D eigenvalue weighted by molar-refractivity contribution is 7.07. The Labute approximate surface area is 170 Å². The monoisotopic (exact) mass is 409 g/mol. The van der Waals surface area contributed by atoms with Crippen molar-refractivity contribution < 1.29 is 4.79 Å². The molecule has 0 atom stereocenters. The van der Waals surface area contributed by atoms with Gasteiger partial charge >= 0.3 is 0 Å². The van der Waals surface area contributed by atoms with Crippen LogP contribution in [0.5, 0.6) is 0 Å². The first-order chi connectivity index (χ1) is 14.0. The van der Waals surface area contributed by atoms with E-state index in [1.165, 1.54) is 18.1 Å². The number of hydrogen-bond acceptors (Lipinski definition) is 7. The molecule has 10 heteroatoms. The van der Waals surface area contributed by atoms with Crippen LogP contribution in [0.1, 0.15) is 26.5 Å². The van der Waals surface area contributed by atoms with E-state index in [1.54, 1.807) is 16.2 Å². The van der Waals surface area contributed by atoms with Gasteiger partial charge in [0.05, 0.1) is 25.0 Å². The number of aromatic nitrogens is 6. The van der Waals surface area contributed by atoms with Gasteiger partial charge in [0.2, 0.25) is 0 Å². The van der Waals surface area contributed by atoms with Gasteiger partial charge in [-0.2, -0.15) is 5.10 Å². The maximum atomic E-state index is 12.8. The summed E-state index contributed by atoms with van der Waals surface area (Å²) in [5.74, 6) is -0.220. The van der Waals surface area contributed by atoms with Crippen LogP contribution in [0.3, 0.4) is 0 Å². The van der Waals surface area contributed by atoms with E-state index >= 15 is 0 Å². The molecule has 9 nitrogen and oxygen atoms in total. The molecule has 0 aliphatic carbocycles. The first-order valence-corrected chi connectivity index (χ1v) is 9.84. The molecule has 0 spiro atoms. The molecule has 4 rings (SSSR count). The molecule has 0 saturated carbocycles. The Kier molecular flexibility index (Phi) is 5.17. The minimum Gasteiger partial charge on any atom is -0.349 e. The number of fused-ring (bicyclic) bond motifs is 1. The molecular weight excluding hydrogens is 390 g/mol. The summed E-state index contributed by atoms with van der Waals surface area (Å²) in [6.07, 6.45) is 3.06. The largest absolute Gasteiger partial charge is 0.349 e. The number of benzene rings is 1. The van der Waals surface area contributed by atoms with Crippen LogP contribution in [0.25, 0.3) is 11.0 Å². The molecule has 0 radical (unpaired) electrons. The van der Waals surface area contributed by atoms with Gasteiger partial charge in [-0.1, -0.05) is 34.3 Å². The minimum atomic E-state index is -0.220. The fourth-order valence-electron chi connectivity index (χ4n) is 2.96. The summed E-state index contributed by atoms with van der Waals surface area (Å²) < 4.78 is 6.95. The van der Waals surface area contributed by atoms with E-state index < -0.39 is 0 Å².